The number of nitrogen functional groups attached to an aromatic ring is 1. The average molecular weight is 975 g/mol. The lowest BCUT2D eigenvalue weighted by atomic mass is 9.85. The highest BCUT2D eigenvalue weighted by atomic mass is 16.6. The number of nitrogens with zero attached hydrogens (tertiary/aromatic N) is 1. The zero-order chi connectivity index (χ0) is 50.9. The van der Waals surface area contributed by atoms with Crippen molar-refractivity contribution in [2.45, 2.75) is 39.6 Å². The number of aromatic nitrogens is 1. The number of carbonyl (C=O) groups excluding carboxylic acids is 6. The van der Waals surface area contributed by atoms with Gasteiger partial charge in [-0.3, -0.25) is 0 Å². The highest BCUT2D eigenvalue weighted by Gasteiger charge is 2.39. The van der Waals surface area contributed by atoms with Gasteiger partial charge in [-0.25, -0.2) is 33.8 Å². The first kappa shape index (κ1) is 49.7. The van der Waals surface area contributed by atoms with Gasteiger partial charge in [0.2, 0.25) is 0 Å². The van der Waals surface area contributed by atoms with Crippen LogP contribution in [-0.4, -0.2) is 40.8 Å². The number of hydrogen-bond donors (Lipinski definition) is 1. The van der Waals surface area contributed by atoms with Gasteiger partial charge in [0.15, 0.2) is 5.69 Å². The Morgan fingerprint density at radius 2 is 0.616 bits per heavy atom. The molecule has 14 nitrogen and oxygen atoms in total. The number of carbonyl (C=O) groups is 6. The van der Waals surface area contributed by atoms with Gasteiger partial charge < -0.3 is 34.2 Å². The van der Waals surface area contributed by atoms with E-state index in [1.807, 2.05) is 0 Å². The molecular weight excluding hydrogens is 929 g/mol. The Morgan fingerprint density at radius 3 is 0.973 bits per heavy atom. The SMILES string of the molecule is Nc1cc(C(=O)OCc2ccccc2)c(-c2cc(C(=O)OCc3ccccc3)c(C(=O)OCc3ccccc3)c(C(=O)OCc3ccccc3)c2C(=O)OCc2ccccc2)c(C(=O)OCc2ccccc2)n1. The van der Waals surface area contributed by atoms with Gasteiger partial charge in [0.05, 0.1) is 27.8 Å². The Hall–Kier alpha value is -9.69. The van der Waals surface area contributed by atoms with Gasteiger partial charge in [-0.2, -0.15) is 0 Å². The van der Waals surface area contributed by atoms with Crippen molar-refractivity contribution in [2.24, 2.45) is 0 Å². The van der Waals surface area contributed by atoms with E-state index in [2.05, 4.69) is 4.98 Å². The lowest BCUT2D eigenvalue weighted by Crippen LogP contribution is -2.26. The number of ether oxygens (including phenoxy) is 6. The molecule has 8 rings (SSSR count). The molecule has 8 aromatic rings. The molecule has 1 aromatic heterocycles. The third-order valence-electron chi connectivity index (χ3n) is 11.2. The lowest BCUT2D eigenvalue weighted by Gasteiger charge is -2.22. The second kappa shape index (κ2) is 24.2. The molecule has 0 aliphatic carbocycles. The molecule has 0 aliphatic heterocycles. The summed E-state index contributed by atoms with van der Waals surface area (Å²) in [6, 6.07) is 53.9. The molecule has 0 aliphatic rings. The van der Waals surface area contributed by atoms with Crippen LogP contribution in [-0.2, 0) is 68.1 Å². The Labute approximate surface area is 419 Å². The van der Waals surface area contributed by atoms with Crippen LogP contribution in [0.5, 0.6) is 0 Å². The Kier molecular flexibility index (Phi) is 16.5. The van der Waals surface area contributed by atoms with Gasteiger partial charge in [-0.1, -0.05) is 182 Å². The van der Waals surface area contributed by atoms with Crippen LogP contribution in [0.15, 0.2) is 194 Å². The number of pyridine rings is 1. The fourth-order valence-corrected chi connectivity index (χ4v) is 7.59. The summed E-state index contributed by atoms with van der Waals surface area (Å²) in [4.78, 5) is 93.7. The van der Waals surface area contributed by atoms with Gasteiger partial charge in [-0.05, 0) is 45.5 Å². The van der Waals surface area contributed by atoms with E-state index in [0.717, 1.165) is 12.1 Å². The summed E-state index contributed by atoms with van der Waals surface area (Å²) in [5.74, 6) is -7.53. The van der Waals surface area contributed by atoms with Crippen molar-refractivity contribution in [2.75, 3.05) is 5.73 Å². The molecular formula is C59H46N2O12. The van der Waals surface area contributed by atoms with Crippen LogP contribution >= 0.6 is 0 Å². The van der Waals surface area contributed by atoms with Crippen LogP contribution in [0.1, 0.15) is 95.7 Å². The Morgan fingerprint density at radius 1 is 0.329 bits per heavy atom. The summed E-state index contributed by atoms with van der Waals surface area (Å²) in [5, 5.41) is 0. The molecule has 2 N–H and O–H groups in total. The summed E-state index contributed by atoms with van der Waals surface area (Å²) in [6.45, 7) is -1.96. The van der Waals surface area contributed by atoms with Crippen LogP contribution in [0.3, 0.4) is 0 Å². The Bertz CT molecular complexity index is 3150. The van der Waals surface area contributed by atoms with E-state index in [1.165, 1.54) is 0 Å². The quantitative estimate of drug-likeness (QED) is 0.0593. The minimum absolute atomic E-state index is 0.262. The molecule has 0 saturated heterocycles. The highest BCUT2D eigenvalue weighted by Crippen LogP contribution is 2.39. The molecule has 7 aromatic carbocycles. The van der Waals surface area contributed by atoms with Gasteiger partial charge >= 0.3 is 35.8 Å². The Balaban J connectivity index is 1.40. The number of esters is 6. The number of hydrogen-bond acceptors (Lipinski definition) is 14. The van der Waals surface area contributed by atoms with E-state index < -0.39 is 80.5 Å². The van der Waals surface area contributed by atoms with E-state index in [9.17, 15) is 19.2 Å². The summed E-state index contributed by atoms with van der Waals surface area (Å²) < 4.78 is 35.1. The van der Waals surface area contributed by atoms with Crippen molar-refractivity contribution >= 4 is 41.6 Å². The molecule has 0 amide bonds. The topological polar surface area (TPSA) is 197 Å². The van der Waals surface area contributed by atoms with Crippen molar-refractivity contribution < 1.29 is 57.2 Å². The van der Waals surface area contributed by atoms with Crippen LogP contribution in [0.2, 0.25) is 0 Å². The zero-order valence-corrected chi connectivity index (χ0v) is 39.1. The molecule has 73 heavy (non-hydrogen) atoms. The molecule has 14 heteroatoms. The van der Waals surface area contributed by atoms with Crippen molar-refractivity contribution in [3.8, 4) is 11.1 Å². The first-order valence-corrected chi connectivity index (χ1v) is 22.9. The van der Waals surface area contributed by atoms with Crippen molar-refractivity contribution in [3.63, 3.8) is 0 Å². The predicted molar refractivity (Wildman–Crippen MR) is 267 cm³/mol. The van der Waals surface area contributed by atoms with E-state index >= 15 is 9.59 Å². The molecule has 364 valence electrons. The lowest BCUT2D eigenvalue weighted by molar-refractivity contribution is 0.0390. The van der Waals surface area contributed by atoms with Crippen molar-refractivity contribution in [3.05, 3.63) is 261 Å². The van der Waals surface area contributed by atoms with Crippen LogP contribution < -0.4 is 5.73 Å². The zero-order valence-electron chi connectivity index (χ0n) is 39.1. The average Bonchev–Trinajstić information content (AvgIpc) is 3.44. The number of anilines is 1. The number of rotatable bonds is 19. The summed E-state index contributed by atoms with van der Waals surface area (Å²) >= 11 is 0. The monoisotopic (exact) mass is 974 g/mol. The van der Waals surface area contributed by atoms with E-state index in [1.54, 1.807) is 182 Å². The van der Waals surface area contributed by atoms with Crippen molar-refractivity contribution in [1.29, 1.82) is 0 Å². The number of benzene rings is 7. The molecule has 0 atom stereocenters. The van der Waals surface area contributed by atoms with E-state index in [-0.39, 0.29) is 45.5 Å². The molecule has 0 spiro atoms. The van der Waals surface area contributed by atoms with E-state index in [0.29, 0.717) is 33.4 Å². The maximum absolute atomic E-state index is 15.2. The second-order valence-corrected chi connectivity index (χ2v) is 16.3. The second-order valence-electron chi connectivity index (χ2n) is 16.3. The van der Waals surface area contributed by atoms with E-state index in [4.69, 9.17) is 34.2 Å². The third-order valence-corrected chi connectivity index (χ3v) is 11.2. The normalized spacial score (nSPS) is 10.6. The maximum Gasteiger partial charge on any atom is 0.358 e. The smallest absolute Gasteiger partial charge is 0.358 e. The molecule has 0 bridgehead atoms. The summed E-state index contributed by atoms with van der Waals surface area (Å²) in [5.41, 5.74) is 4.75. The third kappa shape index (κ3) is 12.9. The highest BCUT2D eigenvalue weighted by molar-refractivity contribution is 6.19. The minimum Gasteiger partial charge on any atom is -0.457 e. The van der Waals surface area contributed by atoms with Gasteiger partial charge in [0.25, 0.3) is 0 Å². The fourth-order valence-electron chi connectivity index (χ4n) is 7.59. The number of nitrogens with two attached hydrogens (primary N) is 1. The predicted octanol–water partition coefficient (Wildman–Crippen LogP) is 10.5. The van der Waals surface area contributed by atoms with Gasteiger partial charge in [0.1, 0.15) is 45.5 Å². The maximum atomic E-state index is 15.2. The fraction of sp³-hybridized carbons (Fsp3) is 0.102. The summed E-state index contributed by atoms with van der Waals surface area (Å²) in [6.07, 6.45) is 0. The van der Waals surface area contributed by atoms with Crippen LogP contribution in [0, 0.1) is 0 Å². The van der Waals surface area contributed by atoms with Crippen molar-refractivity contribution in [1.82, 2.24) is 4.98 Å². The molecule has 0 unspecified atom stereocenters. The van der Waals surface area contributed by atoms with Gasteiger partial charge in [-0.15, -0.1) is 0 Å². The van der Waals surface area contributed by atoms with Gasteiger partial charge in [0, 0.05) is 11.1 Å². The molecule has 0 fully saturated rings. The standard InChI is InChI=1S/C59H46N2O12/c60-48-32-47(55(63)69-34-40-21-9-2-10-22-40)49(53(61-48)59(67)73-38-44-29-17-6-18-30-44)45-31-46(54(62)68-33-39-19-7-1-8-20-39)51(57(65)71-36-42-25-13-4-14-26-42)52(58(66)72-37-43-27-15-5-16-28-43)50(45)56(64)70-35-41-23-11-3-12-24-41/h1-32H,33-38H2,(H2,60,61). The summed E-state index contributed by atoms with van der Waals surface area (Å²) in [7, 11) is 0. The largest absolute Gasteiger partial charge is 0.457 e. The van der Waals surface area contributed by atoms with Crippen LogP contribution in [0.4, 0.5) is 5.82 Å². The molecule has 0 saturated carbocycles. The first-order chi connectivity index (χ1) is 35.6. The minimum atomic E-state index is -1.30. The van der Waals surface area contributed by atoms with Crippen LogP contribution in [0.25, 0.3) is 11.1 Å². The molecule has 1 heterocycles. The first-order valence-electron chi connectivity index (χ1n) is 22.9. The molecule has 0 radical (unpaired) electrons.